The Bertz CT molecular complexity index is 1710. The van der Waals surface area contributed by atoms with E-state index in [9.17, 15) is 0 Å². The van der Waals surface area contributed by atoms with Crippen molar-refractivity contribution in [1.82, 2.24) is 0 Å². The van der Waals surface area contributed by atoms with Gasteiger partial charge in [0.2, 0.25) is 0 Å². The van der Waals surface area contributed by atoms with Gasteiger partial charge in [0.25, 0.3) is 0 Å². The molecule has 0 unspecified atom stereocenters. The van der Waals surface area contributed by atoms with E-state index >= 15 is 0 Å². The third-order valence-electron chi connectivity index (χ3n) is 9.23. The summed E-state index contributed by atoms with van der Waals surface area (Å²) in [5, 5.41) is 11.7. The van der Waals surface area contributed by atoms with Crippen LogP contribution in [-0.4, -0.2) is 32.3 Å². The normalized spacial score (nSPS) is 12.5. The number of fused-ring (bicyclic) bond motifs is 2. The molecule has 5 heteroatoms. The van der Waals surface area contributed by atoms with E-state index in [1.807, 2.05) is 0 Å². The Hall–Kier alpha value is -2.15. The Kier molecular flexibility index (Phi) is 11.2. The van der Waals surface area contributed by atoms with Crippen LogP contribution in [0.3, 0.4) is 0 Å². The van der Waals surface area contributed by atoms with E-state index in [2.05, 4.69) is 188 Å². The van der Waals surface area contributed by atoms with Gasteiger partial charge in [-0.3, -0.25) is 0 Å². The number of hydrogen-bond donors (Lipinski definition) is 0. The molecule has 0 aliphatic rings. The molecule has 0 amide bonds. The molecule has 6 aromatic rings. The van der Waals surface area contributed by atoms with Gasteiger partial charge < -0.3 is 0 Å². The fourth-order valence-electron chi connectivity index (χ4n) is 5.95. The Balaban J connectivity index is 0.000000208. The molecule has 242 valence electrons. The number of benzene rings is 4. The van der Waals surface area contributed by atoms with Crippen LogP contribution in [0.25, 0.3) is 43.8 Å². The van der Waals surface area contributed by atoms with Crippen LogP contribution in [0, 0.1) is 0 Å². The third-order valence-corrected chi connectivity index (χ3v) is 17.3. The first-order valence-electron chi connectivity index (χ1n) is 16.9. The molecule has 0 N–H and O–H groups in total. The molecule has 0 fully saturated rings. The summed E-state index contributed by atoms with van der Waals surface area (Å²) >= 11 is 0. The van der Waals surface area contributed by atoms with Gasteiger partial charge in [0, 0.05) is 0 Å². The molecule has 0 aromatic heterocycles. The van der Waals surface area contributed by atoms with Crippen LogP contribution in [0.15, 0.2) is 109 Å². The van der Waals surface area contributed by atoms with Gasteiger partial charge in [-0.1, -0.05) is 183 Å². The van der Waals surface area contributed by atoms with Gasteiger partial charge in [-0.05, 0) is 0 Å². The van der Waals surface area contributed by atoms with Crippen LogP contribution in [0.2, 0.25) is 78.6 Å². The Morgan fingerprint density at radius 3 is 0.894 bits per heavy atom. The first-order valence-corrected chi connectivity index (χ1v) is 30.9. The minimum atomic E-state index is -1.32. The summed E-state index contributed by atoms with van der Waals surface area (Å²) in [6.45, 7) is 29.4. The average Bonchev–Trinajstić information content (AvgIpc) is 3.60. The fourth-order valence-corrected chi connectivity index (χ4v) is 11.0. The van der Waals surface area contributed by atoms with Crippen LogP contribution in [0.1, 0.15) is 0 Å². The van der Waals surface area contributed by atoms with Crippen molar-refractivity contribution in [3.8, 4) is 22.3 Å². The second-order valence-electron chi connectivity index (χ2n) is 17.3. The monoisotopic (exact) mass is 760 g/mol. The summed E-state index contributed by atoms with van der Waals surface area (Å²) in [6, 6.07) is 41.5. The maximum absolute atomic E-state index is 2.50. The van der Waals surface area contributed by atoms with Crippen molar-refractivity contribution < 1.29 is 26.2 Å². The Labute approximate surface area is 308 Å². The largest absolute Gasteiger partial charge is 2.00 e. The molecule has 0 heterocycles. The first kappa shape index (κ1) is 37.7. The van der Waals surface area contributed by atoms with E-state index in [1.54, 1.807) is 20.7 Å². The summed E-state index contributed by atoms with van der Waals surface area (Å²) in [5.74, 6) is 0. The summed E-state index contributed by atoms with van der Waals surface area (Å²) in [6.07, 6.45) is 0. The molecular formula is C42H54Si4Zr. The second kappa shape index (κ2) is 14.0. The molecule has 0 aliphatic heterocycles. The molecule has 0 bridgehead atoms. The minimum Gasteiger partial charge on any atom is -0.145 e. The third kappa shape index (κ3) is 9.10. The van der Waals surface area contributed by atoms with Crippen molar-refractivity contribution in [2.24, 2.45) is 0 Å². The fraction of sp³-hybridized carbons (Fsp3) is 0.286. The molecule has 0 saturated carbocycles. The predicted molar refractivity (Wildman–Crippen MR) is 222 cm³/mol. The van der Waals surface area contributed by atoms with Crippen LogP contribution in [-0.2, 0) is 26.2 Å². The molecule has 6 aromatic carbocycles. The van der Waals surface area contributed by atoms with Gasteiger partial charge in [-0.2, -0.15) is 0 Å². The molecule has 0 nitrogen and oxygen atoms in total. The molecule has 47 heavy (non-hydrogen) atoms. The molecule has 0 spiro atoms. The van der Waals surface area contributed by atoms with Gasteiger partial charge in [0.1, 0.15) is 0 Å². The van der Waals surface area contributed by atoms with Crippen molar-refractivity contribution in [1.29, 1.82) is 0 Å². The van der Waals surface area contributed by atoms with Crippen LogP contribution >= 0.6 is 0 Å². The summed E-state index contributed by atoms with van der Waals surface area (Å²) in [7, 11) is -5.30. The zero-order chi connectivity index (χ0) is 33.7. The van der Waals surface area contributed by atoms with E-state index in [1.165, 1.54) is 43.8 Å². The quantitative estimate of drug-likeness (QED) is 0.117. The maximum atomic E-state index is 2.50. The van der Waals surface area contributed by atoms with E-state index in [-0.39, 0.29) is 26.2 Å². The van der Waals surface area contributed by atoms with Crippen molar-refractivity contribution in [3.05, 3.63) is 109 Å². The standard InChI is InChI=1S/2C21H27Si2.Zr/c2*1-22(2,3)20-13-19(14-21(15-20)23(4,5)6)18-11-16-9-7-8-10-17(16)12-18;/h2*7-15H,1-6H3;/q2*-1;+2. The summed E-state index contributed by atoms with van der Waals surface area (Å²) in [5.41, 5.74) is 5.54. The van der Waals surface area contributed by atoms with Gasteiger partial charge in [0.05, 0.1) is 32.3 Å². The van der Waals surface area contributed by atoms with Gasteiger partial charge >= 0.3 is 26.2 Å². The van der Waals surface area contributed by atoms with Crippen LogP contribution < -0.4 is 20.7 Å². The molecule has 0 radical (unpaired) electrons. The van der Waals surface area contributed by atoms with Gasteiger partial charge in [0.15, 0.2) is 0 Å². The topological polar surface area (TPSA) is 0 Å². The molecule has 6 rings (SSSR count). The molecular weight excluding hydrogens is 708 g/mol. The van der Waals surface area contributed by atoms with Crippen molar-refractivity contribution >= 4 is 74.6 Å². The summed E-state index contributed by atoms with van der Waals surface area (Å²) in [4.78, 5) is 0. The number of hydrogen-bond acceptors (Lipinski definition) is 0. The molecule has 0 saturated heterocycles. The van der Waals surface area contributed by atoms with Gasteiger partial charge in [-0.15, -0.1) is 69.1 Å². The molecule has 0 atom stereocenters. The first-order chi connectivity index (χ1) is 21.3. The Morgan fingerprint density at radius 2 is 0.638 bits per heavy atom. The van der Waals surface area contributed by atoms with Crippen molar-refractivity contribution in [2.45, 2.75) is 78.6 Å². The second-order valence-corrected chi connectivity index (χ2v) is 37.7. The summed E-state index contributed by atoms with van der Waals surface area (Å²) < 4.78 is 0. The van der Waals surface area contributed by atoms with Crippen LogP contribution in [0.4, 0.5) is 0 Å². The van der Waals surface area contributed by atoms with Crippen molar-refractivity contribution in [2.75, 3.05) is 0 Å². The van der Waals surface area contributed by atoms with Crippen molar-refractivity contribution in [3.63, 3.8) is 0 Å². The predicted octanol–water partition coefficient (Wildman–Crippen LogP) is 10.6. The Morgan fingerprint density at radius 1 is 0.362 bits per heavy atom. The zero-order valence-corrected chi connectivity index (χ0v) is 37.4. The van der Waals surface area contributed by atoms with E-state index in [0.717, 1.165) is 0 Å². The minimum absolute atomic E-state index is 0. The van der Waals surface area contributed by atoms with Gasteiger partial charge in [-0.25, -0.2) is 0 Å². The van der Waals surface area contributed by atoms with Crippen LogP contribution in [0.5, 0.6) is 0 Å². The SMILES string of the molecule is C[Si](C)(C)c1cc(-c2cc3ccccc3[cH-]2)cc([Si](C)(C)C)c1.C[Si](C)(C)c1cc(-c2cc3ccccc3[cH-]2)cc([Si](C)(C)C)c1.[Zr+2]. The zero-order valence-electron chi connectivity index (χ0n) is 30.9. The number of rotatable bonds is 6. The average molecular weight is 762 g/mol. The smallest absolute Gasteiger partial charge is 0.145 e. The molecule has 0 aliphatic carbocycles. The van der Waals surface area contributed by atoms with E-state index < -0.39 is 32.3 Å². The van der Waals surface area contributed by atoms with E-state index in [0.29, 0.717) is 0 Å². The maximum Gasteiger partial charge on any atom is 2.00 e. The van der Waals surface area contributed by atoms with E-state index in [4.69, 9.17) is 0 Å².